The zero-order chi connectivity index (χ0) is 21.6. The Labute approximate surface area is 176 Å². The average Bonchev–Trinajstić information content (AvgIpc) is 3.43. The minimum absolute atomic E-state index is 0.134. The van der Waals surface area contributed by atoms with Gasteiger partial charge in [0.1, 0.15) is 18.9 Å². The predicted octanol–water partition coefficient (Wildman–Crippen LogP) is 3.27. The van der Waals surface area contributed by atoms with E-state index in [1.807, 2.05) is 18.2 Å². The third kappa shape index (κ3) is 5.18. The normalized spacial score (nSPS) is 10.7. The number of nitrogens with zero attached hydrogens (tertiary/aromatic N) is 5. The molecule has 0 aliphatic heterocycles. The molecule has 2 aromatic carbocycles. The fraction of sp³-hybridized carbons (Fsp3) is 0.143. The van der Waals surface area contributed by atoms with Gasteiger partial charge in [-0.15, -0.1) is 0 Å². The van der Waals surface area contributed by atoms with Gasteiger partial charge in [0.05, 0.1) is 4.92 Å². The third-order valence-corrected chi connectivity index (χ3v) is 4.50. The van der Waals surface area contributed by atoms with Crippen molar-refractivity contribution < 1.29 is 14.2 Å². The zero-order valence-electron chi connectivity index (χ0n) is 16.3. The highest BCUT2D eigenvalue weighted by Gasteiger charge is 2.12. The van der Waals surface area contributed by atoms with Gasteiger partial charge in [0, 0.05) is 17.7 Å². The molecule has 1 amide bonds. The molecule has 0 saturated heterocycles. The van der Waals surface area contributed by atoms with Crippen LogP contribution in [-0.2, 0) is 24.2 Å². The molecule has 4 rings (SSSR count). The molecule has 2 heterocycles. The number of carbonyl (C=O) groups is 1. The molecule has 156 valence electrons. The smallest absolute Gasteiger partial charge is 0.307 e. The Kier molecular flexibility index (Phi) is 5.79. The second-order valence-corrected chi connectivity index (χ2v) is 6.78. The molecule has 2 aromatic heterocycles. The molecule has 0 radical (unpaired) electrons. The van der Waals surface area contributed by atoms with Crippen LogP contribution in [-0.4, -0.2) is 30.8 Å². The first kappa shape index (κ1) is 20.0. The highest BCUT2D eigenvalue weighted by molar-refractivity contribution is 5.90. The molecule has 0 atom stereocenters. The fourth-order valence-corrected chi connectivity index (χ4v) is 2.95. The van der Waals surface area contributed by atoms with Crippen LogP contribution in [0.1, 0.15) is 11.5 Å². The van der Waals surface area contributed by atoms with Crippen molar-refractivity contribution in [3.63, 3.8) is 0 Å². The van der Waals surface area contributed by atoms with Crippen molar-refractivity contribution >= 4 is 17.3 Å². The number of nitro groups is 1. The number of aryl methyl sites for hydroxylation is 2. The van der Waals surface area contributed by atoms with Gasteiger partial charge < -0.3 is 9.84 Å². The van der Waals surface area contributed by atoms with Crippen molar-refractivity contribution in [1.29, 1.82) is 0 Å². The summed E-state index contributed by atoms with van der Waals surface area (Å²) >= 11 is 0. The summed E-state index contributed by atoms with van der Waals surface area (Å²) in [7, 11) is 0. The maximum Gasteiger partial charge on any atom is 0.307 e. The van der Waals surface area contributed by atoms with E-state index in [-0.39, 0.29) is 18.1 Å². The molecule has 0 unspecified atom stereocenters. The van der Waals surface area contributed by atoms with Gasteiger partial charge in [0.2, 0.25) is 17.6 Å². The van der Waals surface area contributed by atoms with E-state index in [1.54, 1.807) is 24.3 Å². The lowest BCUT2D eigenvalue weighted by atomic mass is 10.1. The fourth-order valence-electron chi connectivity index (χ4n) is 2.95. The topological polar surface area (TPSA) is 129 Å². The Bertz CT molecular complexity index is 1180. The van der Waals surface area contributed by atoms with Gasteiger partial charge in [-0.05, 0) is 36.2 Å². The molecule has 4 aromatic rings. The first-order valence-corrected chi connectivity index (χ1v) is 9.50. The van der Waals surface area contributed by atoms with Crippen LogP contribution in [0, 0.1) is 10.1 Å². The van der Waals surface area contributed by atoms with Gasteiger partial charge in [-0.25, -0.2) is 0 Å². The third-order valence-electron chi connectivity index (χ3n) is 4.50. The number of hydrogen-bond acceptors (Lipinski definition) is 7. The minimum atomic E-state index is -0.564. The van der Waals surface area contributed by atoms with Gasteiger partial charge in [-0.3, -0.25) is 19.6 Å². The summed E-state index contributed by atoms with van der Waals surface area (Å²) in [5.41, 5.74) is 2.37. The van der Waals surface area contributed by atoms with E-state index in [0.29, 0.717) is 23.8 Å². The highest BCUT2D eigenvalue weighted by atomic mass is 16.6. The summed E-state index contributed by atoms with van der Waals surface area (Å²) < 4.78 is 6.54. The number of carbonyl (C=O) groups excluding carboxylic acids is 1. The molecule has 0 bridgehead atoms. The molecule has 0 fully saturated rings. The van der Waals surface area contributed by atoms with Crippen molar-refractivity contribution in [2.45, 2.75) is 19.4 Å². The lowest BCUT2D eigenvalue weighted by Gasteiger charge is -2.05. The molecule has 0 aliphatic rings. The molecule has 10 nitrogen and oxygen atoms in total. The molecular formula is C21H18N6O4. The number of nitrogens with one attached hydrogen (secondary N) is 1. The van der Waals surface area contributed by atoms with E-state index in [0.717, 1.165) is 18.2 Å². The van der Waals surface area contributed by atoms with Crippen LogP contribution in [0.5, 0.6) is 0 Å². The number of rotatable bonds is 8. The number of hydrogen-bond donors (Lipinski definition) is 1. The maximum absolute atomic E-state index is 12.1. The summed E-state index contributed by atoms with van der Waals surface area (Å²) in [6.07, 6.45) is 3.76. The van der Waals surface area contributed by atoms with E-state index >= 15 is 0 Å². The van der Waals surface area contributed by atoms with Crippen molar-refractivity contribution in [2.75, 3.05) is 5.32 Å². The van der Waals surface area contributed by atoms with Crippen LogP contribution in [0.4, 0.5) is 11.4 Å². The monoisotopic (exact) mass is 418 g/mol. The first-order chi connectivity index (χ1) is 15.1. The second kappa shape index (κ2) is 8.99. The largest absolute Gasteiger partial charge is 0.339 e. The lowest BCUT2D eigenvalue weighted by Crippen LogP contribution is -2.18. The lowest BCUT2D eigenvalue weighted by molar-refractivity contribution is -0.385. The Hall–Kier alpha value is -4.34. The highest BCUT2D eigenvalue weighted by Crippen LogP contribution is 2.19. The van der Waals surface area contributed by atoms with Crippen LogP contribution in [0.3, 0.4) is 0 Å². The van der Waals surface area contributed by atoms with Crippen LogP contribution < -0.4 is 5.32 Å². The number of benzene rings is 2. The van der Waals surface area contributed by atoms with Crippen LogP contribution >= 0.6 is 0 Å². The van der Waals surface area contributed by atoms with Gasteiger partial charge >= 0.3 is 5.69 Å². The molecule has 0 spiro atoms. The molecule has 10 heteroatoms. The summed E-state index contributed by atoms with van der Waals surface area (Å²) in [4.78, 5) is 26.7. The Balaban J connectivity index is 1.33. The number of aromatic nitrogens is 4. The standard InChI is InChI=1S/C21H18N6O4/c28-19(14-26-13-18(12-22-26)27(29)30)23-17-9-7-16(8-10-17)21-24-20(31-25-21)11-6-15-4-2-1-3-5-15/h1-5,7-10,12-13H,6,11,14H2,(H,23,28). The van der Waals surface area contributed by atoms with Gasteiger partial charge in [-0.2, -0.15) is 10.1 Å². The molecule has 0 aliphatic carbocycles. The van der Waals surface area contributed by atoms with Gasteiger partial charge in [0.25, 0.3) is 0 Å². The SMILES string of the molecule is O=C(Cn1cc([N+](=O)[O-])cn1)Nc1ccc(-c2noc(CCc3ccccc3)n2)cc1. The summed E-state index contributed by atoms with van der Waals surface area (Å²) in [5, 5.41) is 21.2. The Morgan fingerprint density at radius 1 is 1.10 bits per heavy atom. The quantitative estimate of drug-likeness (QED) is 0.343. The molecular weight excluding hydrogens is 400 g/mol. The van der Waals surface area contributed by atoms with Crippen LogP contribution in [0.15, 0.2) is 71.5 Å². The minimum Gasteiger partial charge on any atom is -0.339 e. The van der Waals surface area contributed by atoms with E-state index in [1.165, 1.54) is 16.4 Å². The maximum atomic E-state index is 12.1. The number of amides is 1. The van der Waals surface area contributed by atoms with Crippen molar-refractivity contribution in [3.05, 3.63) is 88.6 Å². The van der Waals surface area contributed by atoms with Crippen molar-refractivity contribution in [2.24, 2.45) is 0 Å². The van der Waals surface area contributed by atoms with Crippen molar-refractivity contribution in [3.8, 4) is 11.4 Å². The van der Waals surface area contributed by atoms with Crippen LogP contribution in [0.2, 0.25) is 0 Å². The summed E-state index contributed by atoms with van der Waals surface area (Å²) in [5.74, 6) is 0.683. The van der Waals surface area contributed by atoms with E-state index < -0.39 is 4.92 Å². The molecule has 1 N–H and O–H groups in total. The molecule has 31 heavy (non-hydrogen) atoms. The number of anilines is 1. The second-order valence-electron chi connectivity index (χ2n) is 6.78. The Morgan fingerprint density at radius 2 is 1.87 bits per heavy atom. The average molecular weight is 418 g/mol. The van der Waals surface area contributed by atoms with E-state index in [4.69, 9.17) is 4.52 Å². The zero-order valence-corrected chi connectivity index (χ0v) is 16.3. The first-order valence-electron chi connectivity index (χ1n) is 9.50. The predicted molar refractivity (Wildman–Crippen MR) is 111 cm³/mol. The Morgan fingerprint density at radius 3 is 2.58 bits per heavy atom. The summed E-state index contributed by atoms with van der Waals surface area (Å²) in [6, 6.07) is 17.1. The molecule has 0 saturated carbocycles. The van der Waals surface area contributed by atoms with Crippen LogP contribution in [0.25, 0.3) is 11.4 Å². The summed E-state index contributed by atoms with van der Waals surface area (Å²) in [6.45, 7) is -0.134. The van der Waals surface area contributed by atoms with E-state index in [9.17, 15) is 14.9 Å². The van der Waals surface area contributed by atoms with Gasteiger partial charge in [-0.1, -0.05) is 35.5 Å². The van der Waals surface area contributed by atoms with E-state index in [2.05, 4.69) is 32.7 Å². The van der Waals surface area contributed by atoms with Gasteiger partial charge in [0.15, 0.2) is 0 Å². The van der Waals surface area contributed by atoms with Crippen molar-refractivity contribution in [1.82, 2.24) is 19.9 Å².